The monoisotopic (exact) mass is 276 g/mol. The molecule has 17 heavy (non-hydrogen) atoms. The number of ether oxygens (including phenoxy) is 1. The molecule has 0 atom stereocenters. The largest absolute Gasteiger partial charge is 0.491 e. The van der Waals surface area contributed by atoms with Crippen LogP contribution >= 0.6 is 23.2 Å². The fraction of sp³-hybridized carbons (Fsp3) is 0.364. The summed E-state index contributed by atoms with van der Waals surface area (Å²) in [6, 6.07) is 3.42. The van der Waals surface area contributed by atoms with Crippen molar-refractivity contribution in [2.75, 3.05) is 19.8 Å². The number of nitrogens with one attached hydrogen (secondary N) is 1. The van der Waals surface area contributed by atoms with Gasteiger partial charge in [-0.1, -0.05) is 23.2 Å². The van der Waals surface area contributed by atoms with Crippen molar-refractivity contribution >= 4 is 29.4 Å². The van der Waals surface area contributed by atoms with E-state index in [1.165, 1.54) is 0 Å². The molecule has 4 nitrogen and oxygen atoms in total. The normalized spacial score (nSPS) is 10.8. The van der Waals surface area contributed by atoms with Crippen LogP contribution in [-0.4, -0.2) is 31.1 Å². The molecular formula is C11H14Cl2N2O2. The smallest absolute Gasteiger partial charge is 0.156 e. The lowest BCUT2D eigenvalue weighted by Gasteiger charge is -2.08. The van der Waals surface area contributed by atoms with E-state index in [0.29, 0.717) is 28.9 Å². The molecule has 0 aliphatic rings. The van der Waals surface area contributed by atoms with Gasteiger partial charge in [-0.3, -0.25) is 0 Å². The summed E-state index contributed by atoms with van der Waals surface area (Å²) in [4.78, 5) is 0. The van der Waals surface area contributed by atoms with Gasteiger partial charge in [-0.25, -0.2) is 0 Å². The van der Waals surface area contributed by atoms with E-state index in [1.807, 2.05) is 6.92 Å². The lowest BCUT2D eigenvalue weighted by Crippen LogP contribution is -2.11. The van der Waals surface area contributed by atoms with Gasteiger partial charge in [0.2, 0.25) is 0 Å². The zero-order chi connectivity index (χ0) is 12.7. The molecule has 0 aliphatic carbocycles. The van der Waals surface area contributed by atoms with E-state index < -0.39 is 0 Å². The Bertz CT molecular complexity index is 374. The van der Waals surface area contributed by atoms with Gasteiger partial charge in [-0.2, -0.15) is 5.10 Å². The van der Waals surface area contributed by atoms with Gasteiger partial charge < -0.3 is 15.3 Å². The third-order valence-corrected chi connectivity index (χ3v) is 2.40. The van der Waals surface area contributed by atoms with Crippen molar-refractivity contribution in [1.29, 1.82) is 0 Å². The van der Waals surface area contributed by atoms with Crippen LogP contribution in [0.25, 0.3) is 0 Å². The van der Waals surface area contributed by atoms with Crippen LogP contribution in [0.5, 0.6) is 5.75 Å². The fourth-order valence-electron chi connectivity index (χ4n) is 1.17. The predicted octanol–water partition coefficient (Wildman–Crippen LogP) is 2.31. The first kappa shape index (κ1) is 14.1. The molecule has 0 spiro atoms. The molecule has 0 aliphatic heterocycles. The highest BCUT2D eigenvalue weighted by Gasteiger charge is 2.08. The molecular weight excluding hydrogens is 263 g/mol. The summed E-state index contributed by atoms with van der Waals surface area (Å²) in [6.07, 6.45) is 1.57. The average molecular weight is 277 g/mol. The van der Waals surface area contributed by atoms with E-state index in [-0.39, 0.29) is 6.61 Å². The quantitative estimate of drug-likeness (QED) is 0.476. The first-order chi connectivity index (χ1) is 8.19. The first-order valence-electron chi connectivity index (χ1n) is 5.17. The summed E-state index contributed by atoms with van der Waals surface area (Å²) >= 11 is 12.0. The number of benzene rings is 1. The second-order valence-electron chi connectivity index (χ2n) is 3.14. The zero-order valence-electron chi connectivity index (χ0n) is 9.41. The van der Waals surface area contributed by atoms with Gasteiger partial charge >= 0.3 is 0 Å². The van der Waals surface area contributed by atoms with Gasteiger partial charge in [0, 0.05) is 0 Å². The van der Waals surface area contributed by atoms with Gasteiger partial charge in [-0.15, -0.1) is 0 Å². The summed E-state index contributed by atoms with van der Waals surface area (Å²) in [5.74, 6) is 0.483. The molecule has 0 bridgehead atoms. The van der Waals surface area contributed by atoms with Crippen molar-refractivity contribution in [3.8, 4) is 5.75 Å². The maximum Gasteiger partial charge on any atom is 0.156 e. The SMILES string of the molecule is CCOc1c(Cl)cc(C=NNCCO)cc1Cl. The maximum absolute atomic E-state index is 8.55. The number of hydrogen-bond donors (Lipinski definition) is 2. The second-order valence-corrected chi connectivity index (χ2v) is 3.95. The van der Waals surface area contributed by atoms with Gasteiger partial charge in [-0.05, 0) is 24.6 Å². The lowest BCUT2D eigenvalue weighted by molar-refractivity contribution is 0.294. The van der Waals surface area contributed by atoms with E-state index in [0.717, 1.165) is 5.56 Å². The highest BCUT2D eigenvalue weighted by molar-refractivity contribution is 6.37. The van der Waals surface area contributed by atoms with E-state index in [9.17, 15) is 0 Å². The van der Waals surface area contributed by atoms with Crippen LogP contribution in [0, 0.1) is 0 Å². The Kier molecular flexibility index (Phi) is 6.11. The molecule has 0 saturated heterocycles. The van der Waals surface area contributed by atoms with Crippen molar-refractivity contribution in [1.82, 2.24) is 5.43 Å². The Morgan fingerprint density at radius 2 is 2.06 bits per heavy atom. The number of hydrazone groups is 1. The van der Waals surface area contributed by atoms with Crippen molar-refractivity contribution in [2.45, 2.75) is 6.92 Å². The molecule has 1 rings (SSSR count). The molecule has 0 fully saturated rings. The third-order valence-electron chi connectivity index (χ3n) is 1.84. The van der Waals surface area contributed by atoms with E-state index in [2.05, 4.69) is 10.5 Å². The second kappa shape index (κ2) is 7.37. The van der Waals surface area contributed by atoms with E-state index >= 15 is 0 Å². The van der Waals surface area contributed by atoms with Gasteiger partial charge in [0.05, 0.1) is 36.0 Å². The molecule has 0 heterocycles. The lowest BCUT2D eigenvalue weighted by atomic mass is 10.2. The summed E-state index contributed by atoms with van der Waals surface area (Å²) in [5.41, 5.74) is 3.42. The minimum Gasteiger partial charge on any atom is -0.491 e. The minimum atomic E-state index is 0.0299. The highest BCUT2D eigenvalue weighted by Crippen LogP contribution is 2.33. The Hall–Kier alpha value is -0.970. The fourth-order valence-corrected chi connectivity index (χ4v) is 1.78. The van der Waals surface area contributed by atoms with Crippen LogP contribution in [0.3, 0.4) is 0 Å². The molecule has 0 saturated carbocycles. The maximum atomic E-state index is 8.55. The number of hydrogen-bond acceptors (Lipinski definition) is 4. The van der Waals surface area contributed by atoms with Gasteiger partial charge in [0.25, 0.3) is 0 Å². The Morgan fingerprint density at radius 1 is 1.41 bits per heavy atom. The summed E-state index contributed by atoms with van der Waals surface area (Å²) in [5, 5.41) is 13.3. The number of aliphatic hydroxyl groups is 1. The van der Waals surface area contributed by atoms with Crippen molar-refractivity contribution < 1.29 is 9.84 Å². The zero-order valence-corrected chi connectivity index (χ0v) is 10.9. The molecule has 1 aromatic carbocycles. The Morgan fingerprint density at radius 3 is 2.59 bits per heavy atom. The number of rotatable bonds is 6. The van der Waals surface area contributed by atoms with Crippen molar-refractivity contribution in [3.05, 3.63) is 27.7 Å². The molecule has 0 unspecified atom stereocenters. The van der Waals surface area contributed by atoms with Crippen molar-refractivity contribution in [2.24, 2.45) is 5.10 Å². The highest BCUT2D eigenvalue weighted by atomic mass is 35.5. The summed E-state index contributed by atoms with van der Waals surface area (Å²) < 4.78 is 5.31. The van der Waals surface area contributed by atoms with Gasteiger partial charge in [0.1, 0.15) is 0 Å². The molecule has 0 radical (unpaired) electrons. The molecule has 2 N–H and O–H groups in total. The molecule has 0 aromatic heterocycles. The van der Waals surface area contributed by atoms with E-state index in [4.69, 9.17) is 33.0 Å². The van der Waals surface area contributed by atoms with Crippen LogP contribution in [0.15, 0.2) is 17.2 Å². The van der Waals surface area contributed by atoms with Crippen LogP contribution < -0.4 is 10.2 Å². The summed E-state index contributed by atoms with van der Waals surface area (Å²) in [6.45, 7) is 2.79. The average Bonchev–Trinajstić information content (AvgIpc) is 2.29. The minimum absolute atomic E-state index is 0.0299. The Labute approximate surface area is 110 Å². The van der Waals surface area contributed by atoms with Crippen LogP contribution in [0.1, 0.15) is 12.5 Å². The van der Waals surface area contributed by atoms with Crippen molar-refractivity contribution in [3.63, 3.8) is 0 Å². The molecule has 1 aromatic rings. The number of aliphatic hydroxyl groups excluding tert-OH is 1. The Balaban J connectivity index is 2.79. The van der Waals surface area contributed by atoms with Crippen LogP contribution in [0.2, 0.25) is 10.0 Å². The molecule has 6 heteroatoms. The number of halogens is 2. The van der Waals surface area contributed by atoms with Crippen LogP contribution in [-0.2, 0) is 0 Å². The molecule has 94 valence electrons. The predicted molar refractivity (Wildman–Crippen MR) is 70.3 cm³/mol. The topological polar surface area (TPSA) is 53.8 Å². The van der Waals surface area contributed by atoms with E-state index in [1.54, 1.807) is 18.3 Å². The molecule has 0 amide bonds. The number of nitrogens with zero attached hydrogens (tertiary/aromatic N) is 1. The standard InChI is InChI=1S/C11H14Cl2N2O2/c1-2-17-11-9(12)5-8(6-10(11)13)7-15-14-3-4-16/h5-7,14,16H,2-4H2,1H3. The third kappa shape index (κ3) is 4.42. The first-order valence-corrected chi connectivity index (χ1v) is 5.93. The van der Waals surface area contributed by atoms with Gasteiger partial charge in [0.15, 0.2) is 5.75 Å². The summed E-state index contributed by atoms with van der Waals surface area (Å²) in [7, 11) is 0. The van der Waals surface area contributed by atoms with Crippen LogP contribution in [0.4, 0.5) is 0 Å².